The Morgan fingerprint density at radius 1 is 0.652 bits per heavy atom. The highest BCUT2D eigenvalue weighted by molar-refractivity contribution is 5.44. The number of rotatable bonds is 3. The summed E-state index contributed by atoms with van der Waals surface area (Å²) >= 11 is 0. The number of benzene rings is 2. The first-order chi connectivity index (χ1) is 10.9. The van der Waals surface area contributed by atoms with E-state index in [1.165, 1.54) is 39.0 Å². The molecule has 0 aromatic heterocycles. The van der Waals surface area contributed by atoms with Gasteiger partial charge in [-0.15, -0.1) is 0 Å². The Kier molecular flexibility index (Phi) is 4.26. The topological polar surface area (TPSA) is 0 Å². The molecule has 3 rings (SSSR count). The minimum Gasteiger partial charge on any atom is -0.0764 e. The fourth-order valence-corrected chi connectivity index (χ4v) is 3.90. The van der Waals surface area contributed by atoms with Crippen LogP contribution in [0.4, 0.5) is 0 Å². The predicted octanol–water partition coefficient (Wildman–Crippen LogP) is 6.18. The van der Waals surface area contributed by atoms with E-state index in [1.54, 1.807) is 0 Å². The van der Waals surface area contributed by atoms with Gasteiger partial charge in [-0.3, -0.25) is 0 Å². The average Bonchev–Trinajstić information content (AvgIpc) is 2.83. The van der Waals surface area contributed by atoms with E-state index in [-0.39, 0.29) is 0 Å². The molecule has 0 heterocycles. The Morgan fingerprint density at radius 3 is 1.43 bits per heavy atom. The van der Waals surface area contributed by atoms with E-state index in [1.807, 2.05) is 0 Å². The van der Waals surface area contributed by atoms with Crippen LogP contribution in [-0.4, -0.2) is 0 Å². The van der Waals surface area contributed by atoms with Crippen LogP contribution in [0.1, 0.15) is 46.2 Å². The van der Waals surface area contributed by atoms with Gasteiger partial charge in [0.05, 0.1) is 0 Å². The molecule has 1 aliphatic rings. The minimum absolute atomic E-state index is 0.390. The zero-order chi connectivity index (χ0) is 16.6. The second-order valence-corrected chi connectivity index (χ2v) is 7.17. The van der Waals surface area contributed by atoms with Gasteiger partial charge in [-0.2, -0.15) is 0 Å². The van der Waals surface area contributed by atoms with E-state index < -0.39 is 0 Å². The zero-order valence-corrected chi connectivity index (χ0v) is 14.9. The summed E-state index contributed by atoms with van der Waals surface area (Å²) in [5.41, 5.74) is 9.60. The van der Waals surface area contributed by atoms with Crippen molar-refractivity contribution >= 4 is 0 Å². The van der Waals surface area contributed by atoms with Crippen LogP contribution in [0.5, 0.6) is 0 Å². The van der Waals surface area contributed by atoms with Crippen LogP contribution in [0.15, 0.2) is 60.2 Å². The molecule has 0 nitrogen and oxygen atoms in total. The van der Waals surface area contributed by atoms with Crippen molar-refractivity contribution < 1.29 is 0 Å². The molecule has 0 bridgehead atoms. The molecule has 23 heavy (non-hydrogen) atoms. The summed E-state index contributed by atoms with van der Waals surface area (Å²) in [5.74, 6) is 0.832. The monoisotopic (exact) mass is 302 g/mol. The van der Waals surface area contributed by atoms with Gasteiger partial charge in [0, 0.05) is 11.8 Å². The Balaban J connectivity index is 2.16. The molecule has 0 radical (unpaired) electrons. The fourth-order valence-electron chi connectivity index (χ4n) is 3.90. The minimum atomic E-state index is 0.390. The van der Waals surface area contributed by atoms with Crippen LogP contribution in [0.25, 0.3) is 0 Å². The molecule has 2 aromatic rings. The van der Waals surface area contributed by atoms with Crippen LogP contribution >= 0.6 is 0 Å². The largest absolute Gasteiger partial charge is 0.0764 e. The maximum Gasteiger partial charge on any atom is 0.0187 e. The third-order valence-electron chi connectivity index (χ3n) is 4.63. The number of hydrogen-bond acceptors (Lipinski definition) is 0. The highest BCUT2D eigenvalue weighted by Gasteiger charge is 2.24. The van der Waals surface area contributed by atoms with Crippen molar-refractivity contribution in [2.45, 2.75) is 40.5 Å². The summed E-state index contributed by atoms with van der Waals surface area (Å²) in [5, 5.41) is 0. The lowest BCUT2D eigenvalue weighted by Crippen LogP contribution is -2.11. The maximum atomic E-state index is 2.40. The van der Waals surface area contributed by atoms with Crippen LogP contribution in [0.2, 0.25) is 0 Å². The molecule has 0 fully saturated rings. The van der Waals surface area contributed by atoms with Crippen LogP contribution in [0.3, 0.4) is 0 Å². The zero-order valence-electron chi connectivity index (χ0n) is 14.9. The van der Waals surface area contributed by atoms with Crippen LogP contribution in [0, 0.1) is 33.6 Å². The normalized spacial score (nSPS) is 17.0. The van der Waals surface area contributed by atoms with Gasteiger partial charge >= 0.3 is 0 Å². The quantitative estimate of drug-likeness (QED) is 0.634. The lowest BCUT2D eigenvalue weighted by Gasteiger charge is -2.24. The van der Waals surface area contributed by atoms with Gasteiger partial charge in [0.2, 0.25) is 0 Å². The molecular formula is C23H26. The average molecular weight is 302 g/mol. The van der Waals surface area contributed by atoms with E-state index in [4.69, 9.17) is 0 Å². The smallest absolute Gasteiger partial charge is 0.0187 e. The SMILES string of the molecule is CC1=CC(C(c2cc(C)cc(C)c2)c2cc(C)cc(C)c2)C=C1. The Bertz CT molecular complexity index is 698. The molecule has 1 atom stereocenters. The van der Waals surface area contributed by atoms with Crippen molar-refractivity contribution in [2.75, 3.05) is 0 Å². The van der Waals surface area contributed by atoms with Gasteiger partial charge in [-0.25, -0.2) is 0 Å². The summed E-state index contributed by atoms with van der Waals surface area (Å²) in [6.07, 6.45) is 7.01. The third kappa shape index (κ3) is 3.47. The number of allylic oxidation sites excluding steroid dienone is 4. The Morgan fingerprint density at radius 2 is 1.09 bits per heavy atom. The first-order valence-electron chi connectivity index (χ1n) is 8.45. The van der Waals surface area contributed by atoms with Gasteiger partial charge < -0.3 is 0 Å². The Labute approximate surface area is 140 Å². The van der Waals surface area contributed by atoms with E-state index in [0.29, 0.717) is 11.8 Å². The molecule has 0 spiro atoms. The highest BCUT2D eigenvalue weighted by atomic mass is 14.3. The van der Waals surface area contributed by atoms with Crippen LogP contribution < -0.4 is 0 Å². The lowest BCUT2D eigenvalue weighted by molar-refractivity contribution is 0.689. The van der Waals surface area contributed by atoms with Crippen molar-refractivity contribution in [3.63, 3.8) is 0 Å². The summed E-state index contributed by atoms with van der Waals surface area (Å²) in [7, 11) is 0. The molecule has 0 saturated heterocycles. The molecule has 1 aliphatic carbocycles. The Hall–Kier alpha value is -2.08. The summed E-state index contributed by atoms with van der Waals surface area (Å²) in [4.78, 5) is 0. The number of aryl methyl sites for hydroxylation is 4. The first kappa shape index (κ1) is 15.8. The van der Waals surface area contributed by atoms with Crippen molar-refractivity contribution in [2.24, 2.45) is 5.92 Å². The molecule has 0 saturated carbocycles. The highest BCUT2D eigenvalue weighted by Crippen LogP contribution is 2.38. The predicted molar refractivity (Wildman–Crippen MR) is 100 cm³/mol. The van der Waals surface area contributed by atoms with Crippen molar-refractivity contribution in [1.29, 1.82) is 0 Å². The molecule has 0 amide bonds. The summed E-state index contributed by atoms with van der Waals surface area (Å²) in [6.45, 7) is 11.0. The van der Waals surface area contributed by atoms with Gasteiger partial charge in [-0.05, 0) is 45.7 Å². The maximum absolute atomic E-state index is 2.40. The van der Waals surface area contributed by atoms with Crippen molar-refractivity contribution in [3.8, 4) is 0 Å². The molecule has 2 aromatic carbocycles. The van der Waals surface area contributed by atoms with Crippen molar-refractivity contribution in [3.05, 3.63) is 93.6 Å². The van der Waals surface area contributed by atoms with Gasteiger partial charge in [0.15, 0.2) is 0 Å². The molecular weight excluding hydrogens is 276 g/mol. The summed E-state index contributed by atoms with van der Waals surface area (Å²) < 4.78 is 0. The van der Waals surface area contributed by atoms with Crippen LogP contribution in [-0.2, 0) is 0 Å². The van der Waals surface area contributed by atoms with Gasteiger partial charge in [0.1, 0.15) is 0 Å². The van der Waals surface area contributed by atoms with Gasteiger partial charge in [0.25, 0.3) is 0 Å². The second kappa shape index (κ2) is 6.20. The first-order valence-corrected chi connectivity index (χ1v) is 8.45. The van der Waals surface area contributed by atoms with E-state index >= 15 is 0 Å². The van der Waals surface area contributed by atoms with Gasteiger partial charge in [-0.1, -0.05) is 82.5 Å². The molecule has 0 N–H and O–H groups in total. The second-order valence-electron chi connectivity index (χ2n) is 7.17. The van der Waals surface area contributed by atoms with E-state index in [2.05, 4.69) is 89.2 Å². The summed E-state index contributed by atoms with van der Waals surface area (Å²) in [6, 6.07) is 13.9. The molecule has 0 heteroatoms. The molecule has 0 aliphatic heterocycles. The molecule has 1 unspecified atom stereocenters. The third-order valence-corrected chi connectivity index (χ3v) is 4.63. The fraction of sp³-hybridized carbons (Fsp3) is 0.304. The standard InChI is InChI=1S/C23H26/c1-15-6-7-20(10-15)23(21-11-16(2)8-17(3)12-21)22-13-18(4)9-19(5)14-22/h6-14,20,23H,1-5H3. The lowest BCUT2D eigenvalue weighted by atomic mass is 9.79. The molecule has 118 valence electrons. The van der Waals surface area contributed by atoms with E-state index in [0.717, 1.165) is 0 Å². The van der Waals surface area contributed by atoms with E-state index in [9.17, 15) is 0 Å². The van der Waals surface area contributed by atoms with Crippen molar-refractivity contribution in [1.82, 2.24) is 0 Å². The number of hydrogen-bond donors (Lipinski definition) is 0.